The van der Waals surface area contributed by atoms with Gasteiger partial charge in [0.1, 0.15) is 5.82 Å². The molecule has 0 fully saturated rings. The van der Waals surface area contributed by atoms with E-state index in [0.717, 1.165) is 31.4 Å². The molecular formula is C12H23N3O2. The van der Waals surface area contributed by atoms with E-state index in [2.05, 4.69) is 5.10 Å². The quantitative estimate of drug-likeness (QED) is 0.749. The summed E-state index contributed by atoms with van der Waals surface area (Å²) >= 11 is 0. The molecule has 98 valence electrons. The van der Waals surface area contributed by atoms with Gasteiger partial charge in [-0.05, 0) is 19.8 Å². The maximum absolute atomic E-state index is 10.3. The number of aromatic nitrogens is 2. The Kier molecular flexibility index (Phi) is 7.84. The van der Waals surface area contributed by atoms with Crippen molar-refractivity contribution in [1.82, 2.24) is 9.78 Å². The lowest BCUT2D eigenvalue weighted by atomic mass is 10.2. The highest BCUT2D eigenvalue weighted by Gasteiger charge is 2.02. The van der Waals surface area contributed by atoms with Crippen molar-refractivity contribution in [3.05, 3.63) is 11.8 Å². The van der Waals surface area contributed by atoms with E-state index in [1.807, 2.05) is 20.8 Å². The third-order valence-electron chi connectivity index (χ3n) is 2.33. The summed E-state index contributed by atoms with van der Waals surface area (Å²) in [5, 5.41) is 12.6. The van der Waals surface area contributed by atoms with Crippen molar-refractivity contribution in [2.75, 3.05) is 5.73 Å². The van der Waals surface area contributed by atoms with Gasteiger partial charge in [-0.2, -0.15) is 5.10 Å². The Morgan fingerprint density at radius 3 is 2.53 bits per heavy atom. The summed E-state index contributed by atoms with van der Waals surface area (Å²) in [5.74, 6) is -0.0299. The molecule has 0 radical (unpaired) electrons. The van der Waals surface area contributed by atoms with Crippen LogP contribution in [0.4, 0.5) is 5.82 Å². The second kappa shape index (κ2) is 8.61. The van der Waals surface area contributed by atoms with E-state index >= 15 is 0 Å². The number of nitrogens with zero attached hydrogens (tertiary/aromatic N) is 2. The molecule has 0 aliphatic heterocycles. The Morgan fingerprint density at radius 2 is 2.06 bits per heavy atom. The zero-order valence-corrected chi connectivity index (χ0v) is 10.9. The molecular weight excluding hydrogens is 218 g/mol. The first-order valence-electron chi connectivity index (χ1n) is 6.11. The average Bonchev–Trinajstić information content (AvgIpc) is 2.62. The fraction of sp³-hybridized carbons (Fsp3) is 0.667. The van der Waals surface area contributed by atoms with Crippen LogP contribution in [0, 0.1) is 6.92 Å². The van der Waals surface area contributed by atoms with Crippen molar-refractivity contribution >= 4 is 11.8 Å². The number of carboxylic acid groups (broad SMARTS) is 1. The van der Waals surface area contributed by atoms with Crippen LogP contribution in [-0.4, -0.2) is 20.9 Å². The van der Waals surface area contributed by atoms with Gasteiger partial charge in [-0.1, -0.05) is 20.3 Å². The Morgan fingerprint density at radius 1 is 1.41 bits per heavy atom. The number of aliphatic carboxylic acids is 1. The molecule has 17 heavy (non-hydrogen) atoms. The number of nitrogens with two attached hydrogens (primary N) is 1. The molecule has 0 aromatic carbocycles. The van der Waals surface area contributed by atoms with Gasteiger partial charge in [0.25, 0.3) is 0 Å². The Bertz CT molecular complexity index is 334. The molecule has 0 saturated carbocycles. The number of rotatable bonds is 6. The minimum atomic E-state index is -0.732. The van der Waals surface area contributed by atoms with Crippen molar-refractivity contribution < 1.29 is 9.90 Å². The van der Waals surface area contributed by atoms with Crippen molar-refractivity contribution in [3.63, 3.8) is 0 Å². The predicted octanol–water partition coefficient (Wildman–Crippen LogP) is 2.44. The molecule has 0 aliphatic carbocycles. The van der Waals surface area contributed by atoms with Gasteiger partial charge in [-0.15, -0.1) is 0 Å². The van der Waals surface area contributed by atoms with E-state index in [0.29, 0.717) is 5.82 Å². The molecule has 0 bridgehead atoms. The van der Waals surface area contributed by atoms with Crippen LogP contribution < -0.4 is 5.73 Å². The average molecular weight is 241 g/mol. The fourth-order valence-corrected chi connectivity index (χ4v) is 1.38. The molecule has 5 nitrogen and oxygen atoms in total. The topological polar surface area (TPSA) is 81.1 Å². The molecule has 1 aromatic heterocycles. The SMILES string of the molecule is CC.Cc1cnn(CCCCCC(=O)O)c1N. The first kappa shape index (κ1) is 15.5. The Balaban J connectivity index is 0.00000121. The monoisotopic (exact) mass is 241 g/mol. The lowest BCUT2D eigenvalue weighted by Crippen LogP contribution is -2.05. The smallest absolute Gasteiger partial charge is 0.303 e. The number of anilines is 1. The van der Waals surface area contributed by atoms with E-state index < -0.39 is 5.97 Å². The van der Waals surface area contributed by atoms with Gasteiger partial charge in [0.2, 0.25) is 0 Å². The third kappa shape index (κ3) is 5.94. The largest absolute Gasteiger partial charge is 0.481 e. The third-order valence-corrected chi connectivity index (χ3v) is 2.33. The molecule has 1 heterocycles. The number of hydrogen-bond acceptors (Lipinski definition) is 3. The summed E-state index contributed by atoms with van der Waals surface area (Å²) < 4.78 is 1.76. The van der Waals surface area contributed by atoms with Gasteiger partial charge in [0, 0.05) is 18.5 Å². The van der Waals surface area contributed by atoms with E-state index in [1.165, 1.54) is 0 Å². The summed E-state index contributed by atoms with van der Waals surface area (Å²) in [6.07, 6.45) is 4.51. The summed E-state index contributed by atoms with van der Waals surface area (Å²) in [6, 6.07) is 0. The van der Waals surface area contributed by atoms with Crippen LogP contribution in [0.15, 0.2) is 6.20 Å². The zero-order valence-electron chi connectivity index (χ0n) is 10.9. The van der Waals surface area contributed by atoms with Crippen molar-refractivity contribution in [2.24, 2.45) is 0 Å². The van der Waals surface area contributed by atoms with Crippen LogP contribution >= 0.6 is 0 Å². The molecule has 0 spiro atoms. The number of carboxylic acids is 1. The molecule has 3 N–H and O–H groups in total. The van der Waals surface area contributed by atoms with Crippen LogP contribution in [0.2, 0.25) is 0 Å². The Hall–Kier alpha value is -1.52. The second-order valence-electron chi connectivity index (χ2n) is 3.64. The second-order valence-corrected chi connectivity index (χ2v) is 3.64. The minimum absolute atomic E-state index is 0.244. The minimum Gasteiger partial charge on any atom is -0.481 e. The maximum atomic E-state index is 10.3. The molecule has 0 atom stereocenters. The van der Waals surface area contributed by atoms with Crippen molar-refractivity contribution in [1.29, 1.82) is 0 Å². The van der Waals surface area contributed by atoms with E-state index in [1.54, 1.807) is 10.9 Å². The molecule has 0 amide bonds. The maximum Gasteiger partial charge on any atom is 0.303 e. The van der Waals surface area contributed by atoms with Crippen LogP contribution in [-0.2, 0) is 11.3 Å². The van der Waals surface area contributed by atoms with Gasteiger partial charge in [0.15, 0.2) is 0 Å². The lowest BCUT2D eigenvalue weighted by molar-refractivity contribution is -0.137. The highest BCUT2D eigenvalue weighted by atomic mass is 16.4. The predicted molar refractivity (Wildman–Crippen MR) is 68.8 cm³/mol. The van der Waals surface area contributed by atoms with Gasteiger partial charge >= 0.3 is 5.97 Å². The van der Waals surface area contributed by atoms with Crippen molar-refractivity contribution in [3.8, 4) is 0 Å². The standard InChI is InChI=1S/C10H17N3O2.C2H6/c1-8-7-12-13(10(8)11)6-4-2-3-5-9(14)15;1-2/h7H,2-6,11H2,1H3,(H,14,15);1-2H3. The summed E-state index contributed by atoms with van der Waals surface area (Å²) in [5.41, 5.74) is 6.76. The fourth-order valence-electron chi connectivity index (χ4n) is 1.38. The number of aryl methyl sites for hydroxylation is 2. The number of carbonyl (C=O) groups is 1. The van der Waals surface area contributed by atoms with Crippen molar-refractivity contribution in [2.45, 2.75) is 53.0 Å². The van der Waals surface area contributed by atoms with E-state index in [4.69, 9.17) is 10.8 Å². The lowest BCUT2D eigenvalue weighted by Gasteiger charge is -2.03. The van der Waals surface area contributed by atoms with Gasteiger partial charge in [0.05, 0.1) is 6.20 Å². The molecule has 0 aliphatic rings. The molecule has 0 saturated heterocycles. The van der Waals surface area contributed by atoms with Crippen LogP contribution in [0.3, 0.4) is 0 Å². The number of nitrogen functional groups attached to an aromatic ring is 1. The number of unbranched alkanes of at least 4 members (excludes halogenated alkanes) is 2. The number of hydrogen-bond donors (Lipinski definition) is 2. The van der Waals surface area contributed by atoms with Gasteiger partial charge < -0.3 is 10.8 Å². The van der Waals surface area contributed by atoms with Crippen LogP contribution in [0.1, 0.15) is 45.1 Å². The highest BCUT2D eigenvalue weighted by molar-refractivity contribution is 5.66. The first-order valence-corrected chi connectivity index (χ1v) is 6.11. The highest BCUT2D eigenvalue weighted by Crippen LogP contribution is 2.10. The molecule has 5 heteroatoms. The van der Waals surface area contributed by atoms with Crippen LogP contribution in [0.5, 0.6) is 0 Å². The molecule has 0 unspecified atom stereocenters. The van der Waals surface area contributed by atoms with E-state index in [9.17, 15) is 4.79 Å². The van der Waals surface area contributed by atoms with Gasteiger partial charge in [-0.3, -0.25) is 4.79 Å². The summed E-state index contributed by atoms with van der Waals surface area (Å²) in [6.45, 7) is 6.68. The summed E-state index contributed by atoms with van der Waals surface area (Å²) in [4.78, 5) is 10.3. The van der Waals surface area contributed by atoms with Crippen LogP contribution in [0.25, 0.3) is 0 Å². The molecule has 1 aromatic rings. The molecule has 1 rings (SSSR count). The Labute approximate surface area is 103 Å². The normalized spacial score (nSPS) is 9.59. The summed E-state index contributed by atoms with van der Waals surface area (Å²) in [7, 11) is 0. The van der Waals surface area contributed by atoms with E-state index in [-0.39, 0.29) is 6.42 Å². The zero-order chi connectivity index (χ0) is 13.3. The van der Waals surface area contributed by atoms with Gasteiger partial charge in [-0.25, -0.2) is 4.68 Å². The first-order chi connectivity index (χ1) is 8.11.